The molecule has 148 valence electrons. The summed E-state index contributed by atoms with van der Waals surface area (Å²) in [4.78, 5) is 23.8. The predicted octanol–water partition coefficient (Wildman–Crippen LogP) is 4.44. The molecule has 1 N–H and O–H groups in total. The lowest BCUT2D eigenvalue weighted by Gasteiger charge is -2.28. The van der Waals surface area contributed by atoms with E-state index in [1.165, 1.54) is 12.1 Å². The van der Waals surface area contributed by atoms with Gasteiger partial charge in [-0.2, -0.15) is 0 Å². The van der Waals surface area contributed by atoms with Gasteiger partial charge in [-0.1, -0.05) is 18.2 Å². The largest absolute Gasteiger partial charge is 0.357 e. The number of aromatic nitrogens is 2. The Hall–Kier alpha value is -3.28. The van der Waals surface area contributed by atoms with Crippen LogP contribution in [0.3, 0.4) is 0 Å². The maximum absolute atomic E-state index is 13.9. The van der Waals surface area contributed by atoms with Crippen LogP contribution >= 0.6 is 0 Å². The minimum absolute atomic E-state index is 0.0284. The van der Waals surface area contributed by atoms with Gasteiger partial charge in [0.05, 0.1) is 17.3 Å². The Morgan fingerprint density at radius 2 is 1.79 bits per heavy atom. The van der Waals surface area contributed by atoms with Crippen LogP contribution in [0.25, 0.3) is 0 Å². The number of piperidine rings is 1. The Bertz CT molecular complexity index is 973. The minimum atomic E-state index is -0.435. The summed E-state index contributed by atoms with van der Waals surface area (Å²) in [6, 6.07) is 15.1. The third kappa shape index (κ3) is 4.42. The molecule has 1 aromatic carbocycles. The van der Waals surface area contributed by atoms with Gasteiger partial charge in [0.25, 0.3) is 5.91 Å². The third-order valence-corrected chi connectivity index (χ3v) is 5.13. The molecule has 29 heavy (non-hydrogen) atoms. The van der Waals surface area contributed by atoms with Crippen molar-refractivity contribution in [3.63, 3.8) is 0 Å². The van der Waals surface area contributed by atoms with E-state index in [1.54, 1.807) is 30.6 Å². The van der Waals surface area contributed by atoms with Crippen LogP contribution in [0.5, 0.6) is 0 Å². The number of rotatable bonds is 5. The first-order valence-corrected chi connectivity index (χ1v) is 9.89. The van der Waals surface area contributed by atoms with E-state index in [2.05, 4.69) is 15.3 Å². The van der Waals surface area contributed by atoms with E-state index in [1.807, 2.05) is 29.2 Å². The van der Waals surface area contributed by atoms with Gasteiger partial charge in [0.1, 0.15) is 11.6 Å². The van der Waals surface area contributed by atoms with Gasteiger partial charge in [-0.05, 0) is 61.2 Å². The third-order valence-electron chi connectivity index (χ3n) is 5.13. The number of benzene rings is 1. The van der Waals surface area contributed by atoms with Crippen LogP contribution in [0.2, 0.25) is 0 Å². The summed E-state index contributed by atoms with van der Waals surface area (Å²) in [5, 5.41) is 3.34. The molecule has 1 aliphatic rings. The van der Waals surface area contributed by atoms with Crippen molar-refractivity contribution in [3.05, 3.63) is 89.6 Å². The number of hydrogen-bond donors (Lipinski definition) is 1. The fourth-order valence-corrected chi connectivity index (χ4v) is 3.66. The molecule has 3 heterocycles. The van der Waals surface area contributed by atoms with Crippen LogP contribution in [-0.2, 0) is 0 Å². The molecule has 1 aliphatic heterocycles. The van der Waals surface area contributed by atoms with E-state index in [9.17, 15) is 9.18 Å². The lowest BCUT2D eigenvalue weighted by molar-refractivity contribution is 0.0725. The average Bonchev–Trinajstić information content (AvgIpc) is 2.78. The Balaban J connectivity index is 1.69. The molecule has 1 fully saturated rings. The zero-order chi connectivity index (χ0) is 20.1. The van der Waals surface area contributed by atoms with Crippen molar-refractivity contribution in [2.24, 2.45) is 0 Å². The van der Waals surface area contributed by atoms with E-state index >= 15 is 0 Å². The van der Waals surface area contributed by atoms with Crippen molar-refractivity contribution >= 4 is 11.7 Å². The Kier molecular flexibility index (Phi) is 5.79. The second-order valence-corrected chi connectivity index (χ2v) is 7.14. The van der Waals surface area contributed by atoms with Crippen molar-refractivity contribution < 1.29 is 9.18 Å². The minimum Gasteiger partial charge on any atom is -0.357 e. The molecule has 0 spiro atoms. The molecule has 1 unspecified atom stereocenters. The normalized spacial score (nSPS) is 15.0. The van der Waals surface area contributed by atoms with Crippen LogP contribution in [0.4, 0.5) is 10.2 Å². The summed E-state index contributed by atoms with van der Waals surface area (Å²) >= 11 is 0. The van der Waals surface area contributed by atoms with Crippen molar-refractivity contribution in [2.45, 2.75) is 25.3 Å². The first-order chi connectivity index (χ1) is 14.2. The predicted molar refractivity (Wildman–Crippen MR) is 110 cm³/mol. The molecule has 2 aromatic heterocycles. The number of nitrogens with zero attached hydrogens (tertiary/aromatic N) is 3. The number of amides is 1. The van der Waals surface area contributed by atoms with Crippen LogP contribution in [0, 0.1) is 5.82 Å². The highest BCUT2D eigenvalue weighted by molar-refractivity contribution is 5.98. The fourth-order valence-electron chi connectivity index (χ4n) is 3.66. The second kappa shape index (κ2) is 8.82. The Morgan fingerprint density at radius 3 is 2.55 bits per heavy atom. The van der Waals surface area contributed by atoms with Crippen molar-refractivity contribution in [1.29, 1.82) is 0 Å². The Morgan fingerprint density at radius 1 is 0.966 bits per heavy atom. The first-order valence-electron chi connectivity index (χ1n) is 9.89. The number of anilines is 1. The fraction of sp³-hybridized carbons (Fsp3) is 0.261. The number of pyridine rings is 2. The summed E-state index contributed by atoms with van der Waals surface area (Å²) in [5.41, 5.74) is 1.96. The number of hydrogen-bond acceptors (Lipinski definition) is 4. The summed E-state index contributed by atoms with van der Waals surface area (Å²) in [5.74, 6) is 0.123. The smallest absolute Gasteiger partial charge is 0.257 e. The quantitative estimate of drug-likeness (QED) is 0.700. The van der Waals surface area contributed by atoms with Gasteiger partial charge in [-0.3, -0.25) is 9.78 Å². The molecule has 0 radical (unpaired) electrons. The monoisotopic (exact) mass is 390 g/mol. The van der Waals surface area contributed by atoms with E-state index in [0.717, 1.165) is 38.0 Å². The molecular formula is C23H23FN4O. The van der Waals surface area contributed by atoms with Gasteiger partial charge < -0.3 is 10.2 Å². The highest BCUT2D eigenvalue weighted by atomic mass is 19.1. The zero-order valence-electron chi connectivity index (χ0n) is 16.1. The SMILES string of the molecule is O=C(c1cccnc1NC(c1cccc(F)c1)c1ccccn1)N1CCCCC1. The highest BCUT2D eigenvalue weighted by Gasteiger charge is 2.24. The second-order valence-electron chi connectivity index (χ2n) is 7.14. The van der Waals surface area contributed by atoms with Crippen LogP contribution in [0.1, 0.15) is 46.9 Å². The molecule has 1 atom stereocenters. The van der Waals surface area contributed by atoms with Crippen molar-refractivity contribution in [2.75, 3.05) is 18.4 Å². The number of nitrogens with one attached hydrogen (secondary N) is 1. The van der Waals surface area contributed by atoms with Crippen LogP contribution in [-0.4, -0.2) is 33.9 Å². The van der Waals surface area contributed by atoms with Gasteiger partial charge in [-0.25, -0.2) is 9.37 Å². The molecule has 3 aromatic rings. The molecule has 4 rings (SSSR count). The number of halogens is 1. The average molecular weight is 390 g/mol. The number of carbonyl (C=O) groups excluding carboxylic acids is 1. The van der Waals surface area contributed by atoms with E-state index in [-0.39, 0.29) is 11.7 Å². The molecular weight excluding hydrogens is 367 g/mol. The van der Waals surface area contributed by atoms with Crippen molar-refractivity contribution in [1.82, 2.24) is 14.9 Å². The standard InChI is InChI=1S/C23H23FN4O/c24-18-9-6-8-17(16-18)21(20-11-2-3-12-25-20)27-22-19(10-7-13-26-22)23(29)28-14-4-1-5-15-28/h2-3,6-13,16,21H,1,4-5,14-15H2,(H,26,27). The molecule has 0 bridgehead atoms. The lowest BCUT2D eigenvalue weighted by atomic mass is 10.0. The molecule has 0 aliphatic carbocycles. The number of likely N-dealkylation sites (tertiary alicyclic amines) is 1. The molecule has 1 saturated heterocycles. The van der Waals surface area contributed by atoms with Gasteiger partial charge in [0, 0.05) is 25.5 Å². The van der Waals surface area contributed by atoms with Crippen molar-refractivity contribution in [3.8, 4) is 0 Å². The number of carbonyl (C=O) groups is 1. The molecule has 5 nitrogen and oxygen atoms in total. The maximum atomic E-state index is 13.9. The Labute approximate surface area is 169 Å². The van der Waals surface area contributed by atoms with Gasteiger partial charge in [0.2, 0.25) is 0 Å². The summed E-state index contributed by atoms with van der Waals surface area (Å²) < 4.78 is 13.9. The maximum Gasteiger partial charge on any atom is 0.257 e. The summed E-state index contributed by atoms with van der Waals surface area (Å²) in [6.45, 7) is 1.53. The summed E-state index contributed by atoms with van der Waals surface area (Å²) in [6.07, 6.45) is 6.55. The zero-order valence-corrected chi connectivity index (χ0v) is 16.1. The van der Waals surface area contributed by atoms with Crippen LogP contribution in [0.15, 0.2) is 67.0 Å². The van der Waals surface area contributed by atoms with Gasteiger partial charge >= 0.3 is 0 Å². The van der Waals surface area contributed by atoms with E-state index in [4.69, 9.17) is 0 Å². The van der Waals surface area contributed by atoms with E-state index in [0.29, 0.717) is 16.9 Å². The van der Waals surface area contributed by atoms with E-state index < -0.39 is 6.04 Å². The molecule has 1 amide bonds. The lowest BCUT2D eigenvalue weighted by Crippen LogP contribution is -2.36. The highest BCUT2D eigenvalue weighted by Crippen LogP contribution is 2.27. The van der Waals surface area contributed by atoms with Gasteiger partial charge in [-0.15, -0.1) is 0 Å². The van der Waals surface area contributed by atoms with Crippen LogP contribution < -0.4 is 5.32 Å². The molecule has 6 heteroatoms. The molecule has 0 saturated carbocycles. The summed E-state index contributed by atoms with van der Waals surface area (Å²) in [7, 11) is 0. The first kappa shape index (κ1) is 19.1. The topological polar surface area (TPSA) is 58.1 Å². The van der Waals surface area contributed by atoms with Gasteiger partial charge in [0.15, 0.2) is 0 Å².